The number of fused-ring (bicyclic) bond motifs is 1. The average molecular weight is 214 g/mol. The molecule has 0 amide bonds. The SMILES string of the molecule is Cc1nc(-c2c(C)nc3ncccn23)n[nH]1. The van der Waals surface area contributed by atoms with Gasteiger partial charge in [0.2, 0.25) is 5.78 Å². The molecule has 6 heteroatoms. The maximum absolute atomic E-state index is 4.36. The summed E-state index contributed by atoms with van der Waals surface area (Å²) in [6.07, 6.45) is 3.62. The van der Waals surface area contributed by atoms with E-state index in [1.807, 2.05) is 30.5 Å². The number of imidazole rings is 1. The van der Waals surface area contributed by atoms with Crippen LogP contribution in [0, 0.1) is 13.8 Å². The van der Waals surface area contributed by atoms with E-state index in [2.05, 4.69) is 25.1 Å². The van der Waals surface area contributed by atoms with E-state index in [9.17, 15) is 0 Å². The number of nitrogens with zero attached hydrogens (tertiary/aromatic N) is 5. The van der Waals surface area contributed by atoms with Crippen LogP contribution in [0.25, 0.3) is 17.3 Å². The molecule has 1 N–H and O–H groups in total. The highest BCUT2D eigenvalue weighted by Crippen LogP contribution is 2.19. The number of hydrogen-bond acceptors (Lipinski definition) is 4. The number of aromatic nitrogens is 6. The minimum absolute atomic E-state index is 0.649. The molecule has 0 radical (unpaired) electrons. The third-order valence-corrected chi connectivity index (χ3v) is 2.39. The Balaban J connectivity index is 2.34. The number of H-pyrrole nitrogens is 1. The molecule has 16 heavy (non-hydrogen) atoms. The summed E-state index contributed by atoms with van der Waals surface area (Å²) in [5, 5.41) is 6.97. The van der Waals surface area contributed by atoms with Gasteiger partial charge < -0.3 is 0 Å². The smallest absolute Gasteiger partial charge is 0.234 e. The van der Waals surface area contributed by atoms with Crippen LogP contribution in [0.4, 0.5) is 0 Å². The van der Waals surface area contributed by atoms with Crippen LogP contribution in [0.5, 0.6) is 0 Å². The third kappa shape index (κ3) is 1.19. The lowest BCUT2D eigenvalue weighted by atomic mass is 10.3. The molecule has 0 saturated carbocycles. The van der Waals surface area contributed by atoms with E-state index in [0.29, 0.717) is 11.6 Å². The minimum Gasteiger partial charge on any atom is -0.280 e. The van der Waals surface area contributed by atoms with Crippen LogP contribution in [0.3, 0.4) is 0 Å². The van der Waals surface area contributed by atoms with Crippen molar-refractivity contribution in [1.29, 1.82) is 0 Å². The van der Waals surface area contributed by atoms with E-state index < -0.39 is 0 Å². The van der Waals surface area contributed by atoms with Gasteiger partial charge in [-0.2, -0.15) is 5.10 Å². The number of aryl methyl sites for hydroxylation is 2. The first-order valence-corrected chi connectivity index (χ1v) is 4.95. The van der Waals surface area contributed by atoms with Gasteiger partial charge >= 0.3 is 0 Å². The van der Waals surface area contributed by atoms with Crippen LogP contribution in [-0.2, 0) is 0 Å². The Morgan fingerprint density at radius 1 is 1.25 bits per heavy atom. The highest BCUT2D eigenvalue weighted by atomic mass is 15.2. The first-order valence-electron chi connectivity index (χ1n) is 4.95. The highest BCUT2D eigenvalue weighted by Gasteiger charge is 2.14. The molecular formula is C10H10N6. The van der Waals surface area contributed by atoms with Crippen LogP contribution in [0.1, 0.15) is 11.5 Å². The van der Waals surface area contributed by atoms with E-state index in [0.717, 1.165) is 17.2 Å². The van der Waals surface area contributed by atoms with Gasteiger partial charge in [0.1, 0.15) is 11.5 Å². The fraction of sp³-hybridized carbons (Fsp3) is 0.200. The summed E-state index contributed by atoms with van der Waals surface area (Å²) in [4.78, 5) is 12.8. The van der Waals surface area contributed by atoms with E-state index in [1.54, 1.807) is 6.20 Å². The summed E-state index contributed by atoms with van der Waals surface area (Å²) in [7, 11) is 0. The second-order valence-corrected chi connectivity index (χ2v) is 3.58. The number of nitrogens with one attached hydrogen (secondary N) is 1. The van der Waals surface area contributed by atoms with Gasteiger partial charge in [0.05, 0.1) is 5.69 Å². The van der Waals surface area contributed by atoms with Crippen molar-refractivity contribution in [3.8, 4) is 11.5 Å². The minimum atomic E-state index is 0.649. The van der Waals surface area contributed by atoms with Crippen molar-refractivity contribution in [3.63, 3.8) is 0 Å². The topological polar surface area (TPSA) is 71.8 Å². The first-order chi connectivity index (χ1) is 7.75. The predicted octanol–water partition coefficient (Wildman–Crippen LogP) is 1.13. The predicted molar refractivity (Wildman–Crippen MR) is 57.8 cm³/mol. The first kappa shape index (κ1) is 9.02. The van der Waals surface area contributed by atoms with Crippen molar-refractivity contribution >= 4 is 5.78 Å². The van der Waals surface area contributed by atoms with Crippen molar-refractivity contribution in [1.82, 2.24) is 29.5 Å². The Kier molecular flexibility index (Phi) is 1.76. The molecule has 0 atom stereocenters. The number of aromatic amines is 1. The number of hydrogen-bond donors (Lipinski definition) is 1. The molecule has 80 valence electrons. The van der Waals surface area contributed by atoms with Crippen molar-refractivity contribution < 1.29 is 0 Å². The summed E-state index contributed by atoms with van der Waals surface area (Å²) in [6, 6.07) is 1.86. The monoisotopic (exact) mass is 214 g/mol. The molecule has 3 rings (SSSR count). The molecule has 3 aromatic rings. The lowest BCUT2D eigenvalue weighted by Crippen LogP contribution is -1.91. The van der Waals surface area contributed by atoms with Gasteiger partial charge in [-0.3, -0.25) is 9.50 Å². The Morgan fingerprint density at radius 3 is 2.88 bits per heavy atom. The van der Waals surface area contributed by atoms with E-state index in [1.165, 1.54) is 0 Å². The van der Waals surface area contributed by atoms with E-state index in [-0.39, 0.29) is 0 Å². The molecule has 6 nitrogen and oxygen atoms in total. The summed E-state index contributed by atoms with van der Waals surface area (Å²) < 4.78 is 1.89. The van der Waals surface area contributed by atoms with Crippen LogP contribution in [0.2, 0.25) is 0 Å². The second kappa shape index (κ2) is 3.13. The van der Waals surface area contributed by atoms with Gasteiger partial charge in [0, 0.05) is 12.4 Å². The molecule has 0 bridgehead atoms. The van der Waals surface area contributed by atoms with Gasteiger partial charge in [-0.15, -0.1) is 0 Å². The molecule has 0 aromatic carbocycles. The van der Waals surface area contributed by atoms with Gasteiger partial charge in [0.25, 0.3) is 0 Å². The summed E-state index contributed by atoms with van der Waals surface area (Å²) in [6.45, 7) is 3.79. The molecule has 3 aromatic heterocycles. The van der Waals surface area contributed by atoms with Crippen LogP contribution in [-0.4, -0.2) is 29.5 Å². The van der Waals surface area contributed by atoms with Gasteiger partial charge in [0.15, 0.2) is 5.82 Å². The Morgan fingerprint density at radius 2 is 2.12 bits per heavy atom. The molecular weight excluding hydrogens is 204 g/mol. The maximum Gasteiger partial charge on any atom is 0.234 e. The summed E-state index contributed by atoms with van der Waals surface area (Å²) in [5.41, 5.74) is 1.75. The van der Waals surface area contributed by atoms with Crippen LogP contribution < -0.4 is 0 Å². The zero-order chi connectivity index (χ0) is 11.1. The molecule has 0 unspecified atom stereocenters. The lowest BCUT2D eigenvalue weighted by molar-refractivity contribution is 1.03. The second-order valence-electron chi connectivity index (χ2n) is 3.58. The maximum atomic E-state index is 4.36. The number of rotatable bonds is 1. The molecule has 0 aliphatic heterocycles. The van der Waals surface area contributed by atoms with Crippen molar-refractivity contribution in [2.24, 2.45) is 0 Å². The molecule has 0 aliphatic carbocycles. The normalized spacial score (nSPS) is 11.1. The lowest BCUT2D eigenvalue weighted by Gasteiger charge is -1.96. The molecule has 0 saturated heterocycles. The quantitative estimate of drug-likeness (QED) is 0.659. The molecule has 0 aliphatic rings. The largest absolute Gasteiger partial charge is 0.280 e. The molecule has 0 spiro atoms. The fourth-order valence-corrected chi connectivity index (χ4v) is 1.72. The van der Waals surface area contributed by atoms with E-state index >= 15 is 0 Å². The summed E-state index contributed by atoms with van der Waals surface area (Å²) >= 11 is 0. The van der Waals surface area contributed by atoms with Gasteiger partial charge in [-0.25, -0.2) is 15.0 Å². The fourth-order valence-electron chi connectivity index (χ4n) is 1.72. The van der Waals surface area contributed by atoms with E-state index in [4.69, 9.17) is 0 Å². The molecule has 3 heterocycles. The summed E-state index contributed by atoms with van der Waals surface area (Å²) in [5.74, 6) is 2.10. The standard InChI is InChI=1S/C10H10N6/c1-6-8(9-13-7(2)14-15-9)16-5-3-4-11-10(16)12-6/h3-5H,1-2H3,(H,13,14,15). The van der Waals surface area contributed by atoms with Crippen molar-refractivity contribution in [2.45, 2.75) is 13.8 Å². The highest BCUT2D eigenvalue weighted by molar-refractivity contribution is 5.58. The van der Waals surface area contributed by atoms with Crippen molar-refractivity contribution in [3.05, 3.63) is 30.0 Å². The average Bonchev–Trinajstić information content (AvgIpc) is 2.80. The zero-order valence-electron chi connectivity index (χ0n) is 8.97. The third-order valence-electron chi connectivity index (χ3n) is 2.39. The van der Waals surface area contributed by atoms with Crippen molar-refractivity contribution in [2.75, 3.05) is 0 Å². The van der Waals surface area contributed by atoms with Crippen LogP contribution in [0.15, 0.2) is 18.5 Å². The Hall–Kier alpha value is -2.24. The van der Waals surface area contributed by atoms with Gasteiger partial charge in [-0.1, -0.05) is 0 Å². The Bertz CT molecular complexity index is 650. The Labute approximate surface area is 91.4 Å². The molecule has 0 fully saturated rings. The van der Waals surface area contributed by atoms with Gasteiger partial charge in [-0.05, 0) is 19.9 Å². The zero-order valence-corrected chi connectivity index (χ0v) is 8.97. The van der Waals surface area contributed by atoms with Crippen LogP contribution >= 0.6 is 0 Å².